The summed E-state index contributed by atoms with van der Waals surface area (Å²) >= 11 is 1.43. The number of anilines is 1. The first kappa shape index (κ1) is 18.5. The van der Waals surface area contributed by atoms with Gasteiger partial charge in [0.15, 0.2) is 5.82 Å². The van der Waals surface area contributed by atoms with Gasteiger partial charge in [-0.2, -0.15) is 10.4 Å². The van der Waals surface area contributed by atoms with Gasteiger partial charge in [-0.15, -0.1) is 11.3 Å². The Hall–Kier alpha value is -3.83. The van der Waals surface area contributed by atoms with Gasteiger partial charge in [0.1, 0.15) is 23.7 Å². The van der Waals surface area contributed by atoms with Gasteiger partial charge in [-0.1, -0.05) is 18.2 Å². The van der Waals surface area contributed by atoms with E-state index in [-0.39, 0.29) is 0 Å². The summed E-state index contributed by atoms with van der Waals surface area (Å²) in [6.07, 6.45) is 4.73. The molecule has 3 aromatic heterocycles. The number of nitriles is 1. The Bertz CT molecular complexity index is 1210. The first-order chi connectivity index (χ1) is 14.3. The number of fused-ring (bicyclic) bond motifs is 1. The molecule has 0 saturated carbocycles. The summed E-state index contributed by atoms with van der Waals surface area (Å²) in [4.78, 5) is 13.6. The maximum Gasteiger partial charge on any atom is 0.167 e. The zero-order valence-electron chi connectivity index (χ0n) is 15.5. The average molecular weight is 400 g/mol. The van der Waals surface area contributed by atoms with Gasteiger partial charge in [-0.05, 0) is 31.2 Å². The fourth-order valence-electron chi connectivity index (χ4n) is 2.83. The van der Waals surface area contributed by atoms with E-state index in [1.165, 1.54) is 17.7 Å². The van der Waals surface area contributed by atoms with Crippen molar-refractivity contribution in [2.75, 3.05) is 12.0 Å². The molecule has 0 amide bonds. The maximum absolute atomic E-state index is 9.80. The van der Waals surface area contributed by atoms with Crippen LogP contribution in [-0.4, -0.2) is 27.8 Å². The van der Waals surface area contributed by atoms with Crippen molar-refractivity contribution in [1.82, 2.24) is 15.0 Å². The van der Waals surface area contributed by atoms with Crippen molar-refractivity contribution < 1.29 is 4.74 Å². The highest BCUT2D eigenvalue weighted by atomic mass is 32.1. The van der Waals surface area contributed by atoms with E-state index in [9.17, 15) is 5.26 Å². The van der Waals surface area contributed by atoms with E-state index >= 15 is 0 Å². The second-order valence-corrected chi connectivity index (χ2v) is 6.89. The Morgan fingerprint density at radius 2 is 2.03 bits per heavy atom. The van der Waals surface area contributed by atoms with Crippen LogP contribution in [0.3, 0.4) is 0 Å². The van der Waals surface area contributed by atoms with Crippen LogP contribution in [0.2, 0.25) is 0 Å². The van der Waals surface area contributed by atoms with E-state index in [1.54, 1.807) is 12.4 Å². The average Bonchev–Trinajstić information content (AvgIpc) is 3.14. The third-order valence-corrected chi connectivity index (χ3v) is 5.29. The number of nitrogens with zero attached hydrogens (tertiary/aromatic N) is 5. The maximum atomic E-state index is 9.80. The van der Waals surface area contributed by atoms with Gasteiger partial charge in [-0.3, -0.25) is 10.4 Å². The van der Waals surface area contributed by atoms with Crippen LogP contribution in [0.4, 0.5) is 5.82 Å². The van der Waals surface area contributed by atoms with E-state index < -0.39 is 0 Å². The molecule has 4 aromatic rings. The zero-order valence-corrected chi connectivity index (χ0v) is 16.3. The predicted molar refractivity (Wildman–Crippen MR) is 114 cm³/mol. The fraction of sp³-hybridized carbons (Fsp3) is 0.0952. The Kier molecular flexibility index (Phi) is 5.40. The highest BCUT2D eigenvalue weighted by Gasteiger charge is 2.20. The number of ether oxygens (including phenoxy) is 1. The number of hydrogen-bond acceptors (Lipinski definition) is 8. The van der Waals surface area contributed by atoms with Crippen molar-refractivity contribution in [2.45, 2.75) is 6.92 Å². The molecule has 4 rings (SSSR count). The molecule has 1 aromatic carbocycles. The normalized spacial score (nSPS) is 10.9. The van der Waals surface area contributed by atoms with Crippen LogP contribution in [0.1, 0.15) is 18.2 Å². The van der Waals surface area contributed by atoms with Crippen LogP contribution >= 0.6 is 11.3 Å². The number of para-hydroxylation sites is 1. The van der Waals surface area contributed by atoms with Crippen LogP contribution in [0.5, 0.6) is 5.75 Å². The smallest absolute Gasteiger partial charge is 0.167 e. The summed E-state index contributed by atoms with van der Waals surface area (Å²) in [5, 5.41) is 14.0. The quantitative estimate of drug-likeness (QED) is 0.379. The Morgan fingerprint density at radius 1 is 1.17 bits per heavy atom. The zero-order chi connectivity index (χ0) is 20.1. The van der Waals surface area contributed by atoms with Crippen molar-refractivity contribution in [2.24, 2.45) is 5.10 Å². The molecule has 0 unspecified atom stereocenters. The summed E-state index contributed by atoms with van der Waals surface area (Å²) < 4.78 is 6.50. The lowest BCUT2D eigenvalue weighted by atomic mass is 10.1. The molecule has 8 heteroatoms. The van der Waals surface area contributed by atoms with Crippen molar-refractivity contribution in [3.63, 3.8) is 0 Å². The number of rotatable bonds is 6. The van der Waals surface area contributed by atoms with E-state index in [1.807, 2.05) is 49.4 Å². The largest absolute Gasteiger partial charge is 0.493 e. The summed E-state index contributed by atoms with van der Waals surface area (Å²) in [6.45, 7) is 2.47. The highest BCUT2D eigenvalue weighted by molar-refractivity contribution is 7.23. The molecule has 0 fully saturated rings. The van der Waals surface area contributed by atoms with Crippen molar-refractivity contribution in [1.29, 1.82) is 5.26 Å². The molecule has 0 aliphatic rings. The topological polar surface area (TPSA) is 96.1 Å². The minimum absolute atomic E-state index is 0.497. The van der Waals surface area contributed by atoms with Gasteiger partial charge in [-0.25, -0.2) is 9.97 Å². The van der Waals surface area contributed by atoms with Crippen LogP contribution in [0.25, 0.3) is 20.7 Å². The predicted octanol–water partition coefficient (Wildman–Crippen LogP) is 4.47. The van der Waals surface area contributed by atoms with Gasteiger partial charge in [0.25, 0.3) is 0 Å². The monoisotopic (exact) mass is 400 g/mol. The van der Waals surface area contributed by atoms with Gasteiger partial charge in [0.2, 0.25) is 0 Å². The van der Waals surface area contributed by atoms with Crippen molar-refractivity contribution in [3.05, 3.63) is 66.2 Å². The Morgan fingerprint density at radius 3 is 2.83 bits per heavy atom. The molecule has 0 aliphatic carbocycles. The number of nitrogens with one attached hydrogen (secondary N) is 1. The molecular formula is C21H16N6OS. The summed E-state index contributed by atoms with van der Waals surface area (Å²) in [5.74, 6) is 1.26. The van der Waals surface area contributed by atoms with E-state index in [4.69, 9.17) is 4.74 Å². The van der Waals surface area contributed by atoms with Gasteiger partial charge >= 0.3 is 0 Å². The molecule has 0 radical (unpaired) electrons. The lowest BCUT2D eigenvalue weighted by molar-refractivity contribution is 0.341. The highest BCUT2D eigenvalue weighted by Crippen LogP contribution is 2.43. The molecule has 0 atom stereocenters. The van der Waals surface area contributed by atoms with Crippen LogP contribution in [0, 0.1) is 11.3 Å². The third kappa shape index (κ3) is 3.77. The van der Waals surface area contributed by atoms with Gasteiger partial charge in [0.05, 0.1) is 33.7 Å². The molecule has 0 aliphatic heterocycles. The minimum atomic E-state index is 0.497. The number of benzene rings is 1. The lowest BCUT2D eigenvalue weighted by Gasteiger charge is -2.08. The van der Waals surface area contributed by atoms with Crippen molar-refractivity contribution in [3.8, 4) is 22.3 Å². The van der Waals surface area contributed by atoms with Crippen LogP contribution < -0.4 is 10.2 Å². The molecule has 0 spiro atoms. The second kappa shape index (κ2) is 8.46. The van der Waals surface area contributed by atoms with E-state index in [2.05, 4.69) is 31.5 Å². The minimum Gasteiger partial charge on any atom is -0.493 e. The fourth-order valence-corrected chi connectivity index (χ4v) is 4.00. The Balaban J connectivity index is 1.76. The number of hydrogen-bond donors (Lipinski definition) is 1. The SMILES string of the molecule is CCOc1ccccc1-c1sc2c(NN=Cc3ccccn3)ncnc2c1C#N. The molecule has 3 heterocycles. The first-order valence-corrected chi connectivity index (χ1v) is 9.73. The van der Waals surface area contributed by atoms with E-state index in [0.717, 1.165) is 26.6 Å². The number of aromatic nitrogens is 3. The van der Waals surface area contributed by atoms with Crippen LogP contribution in [0.15, 0.2) is 60.1 Å². The number of thiophene rings is 1. The summed E-state index contributed by atoms with van der Waals surface area (Å²) in [6, 6.07) is 15.5. The first-order valence-electron chi connectivity index (χ1n) is 8.91. The number of pyridine rings is 1. The lowest BCUT2D eigenvalue weighted by Crippen LogP contribution is -1.95. The molecule has 0 saturated heterocycles. The summed E-state index contributed by atoms with van der Waals surface area (Å²) in [5.41, 5.74) is 5.60. The van der Waals surface area contributed by atoms with E-state index in [0.29, 0.717) is 23.5 Å². The van der Waals surface area contributed by atoms with Gasteiger partial charge in [0, 0.05) is 11.8 Å². The molecule has 7 nitrogen and oxygen atoms in total. The standard InChI is InChI=1S/C21H16N6OS/c1-2-28-17-9-4-3-8-15(17)19-16(11-22)18-20(29-19)21(25-13-24-18)27-26-12-14-7-5-6-10-23-14/h3-10,12-13H,2H2,1H3,(H,24,25,27). The van der Waals surface area contributed by atoms with Crippen LogP contribution in [-0.2, 0) is 0 Å². The second-order valence-electron chi connectivity index (χ2n) is 5.87. The molecule has 142 valence electrons. The molecule has 0 bridgehead atoms. The molecular weight excluding hydrogens is 384 g/mol. The Labute approximate surface area is 171 Å². The molecule has 1 N–H and O–H groups in total. The number of hydrazone groups is 1. The third-order valence-electron chi connectivity index (χ3n) is 4.07. The van der Waals surface area contributed by atoms with Crippen molar-refractivity contribution >= 4 is 33.6 Å². The van der Waals surface area contributed by atoms with Gasteiger partial charge < -0.3 is 4.74 Å². The molecule has 29 heavy (non-hydrogen) atoms. The summed E-state index contributed by atoms with van der Waals surface area (Å²) in [7, 11) is 0.